The second-order valence-electron chi connectivity index (χ2n) is 3.82. The first-order valence-corrected chi connectivity index (χ1v) is 5.14. The molecule has 2 unspecified atom stereocenters. The number of halogens is 1. The van der Waals surface area contributed by atoms with Gasteiger partial charge in [-0.1, -0.05) is 37.3 Å². The van der Waals surface area contributed by atoms with Crippen molar-refractivity contribution in [2.75, 3.05) is 13.1 Å². The molecule has 3 heteroatoms. The predicted molar refractivity (Wildman–Crippen MR) is 66.7 cm³/mol. The Morgan fingerprint density at radius 1 is 1.13 bits per heavy atom. The number of benzene rings is 1. The highest BCUT2D eigenvalue weighted by Gasteiger charge is 2.04. The van der Waals surface area contributed by atoms with Gasteiger partial charge in [-0.25, -0.2) is 0 Å². The number of aliphatic hydroxyl groups is 1. The van der Waals surface area contributed by atoms with Crippen molar-refractivity contribution < 1.29 is 5.11 Å². The van der Waals surface area contributed by atoms with Gasteiger partial charge in [0.2, 0.25) is 0 Å². The van der Waals surface area contributed by atoms with E-state index < -0.39 is 0 Å². The summed E-state index contributed by atoms with van der Waals surface area (Å²) in [6, 6.07) is 10.4. The second-order valence-corrected chi connectivity index (χ2v) is 3.82. The maximum absolute atomic E-state index is 9.07. The minimum atomic E-state index is -0.266. The number of rotatable bonds is 5. The van der Waals surface area contributed by atoms with E-state index in [-0.39, 0.29) is 18.5 Å². The van der Waals surface area contributed by atoms with Gasteiger partial charge in [0.25, 0.3) is 0 Å². The van der Waals surface area contributed by atoms with Gasteiger partial charge >= 0.3 is 0 Å². The Hall–Kier alpha value is -0.570. The maximum Gasteiger partial charge on any atom is 0.0636 e. The fraction of sp³-hybridized carbons (Fsp3) is 0.500. The van der Waals surface area contributed by atoms with Crippen molar-refractivity contribution in [2.45, 2.75) is 25.9 Å². The van der Waals surface area contributed by atoms with Crippen molar-refractivity contribution >= 4 is 12.4 Å². The molecule has 86 valence electrons. The van der Waals surface area contributed by atoms with Crippen LogP contribution >= 0.6 is 12.4 Å². The Labute approximate surface area is 98.1 Å². The Kier molecular flexibility index (Phi) is 7.39. The van der Waals surface area contributed by atoms with Gasteiger partial charge in [-0.15, -0.1) is 12.4 Å². The molecule has 0 saturated carbocycles. The summed E-state index contributed by atoms with van der Waals surface area (Å²) >= 11 is 0. The third-order valence-corrected chi connectivity index (χ3v) is 2.26. The van der Waals surface area contributed by atoms with Crippen molar-refractivity contribution in [3.63, 3.8) is 0 Å². The standard InChI is InChI=1S/C12H19NO.ClH/c1-10(8-13-9-11(2)14)12-6-4-3-5-7-12;/h3-7,10-11,13-14H,8-9H2,1-2H3;1H. The smallest absolute Gasteiger partial charge is 0.0636 e. The molecule has 0 aromatic heterocycles. The Bertz CT molecular complexity index is 251. The van der Waals surface area contributed by atoms with Gasteiger partial charge in [0.1, 0.15) is 0 Å². The highest BCUT2D eigenvalue weighted by atomic mass is 35.5. The summed E-state index contributed by atoms with van der Waals surface area (Å²) in [5, 5.41) is 12.3. The molecule has 2 atom stereocenters. The molecule has 0 heterocycles. The number of aliphatic hydroxyl groups excluding tert-OH is 1. The molecule has 1 aromatic rings. The molecule has 0 spiro atoms. The summed E-state index contributed by atoms with van der Waals surface area (Å²) < 4.78 is 0. The van der Waals surface area contributed by atoms with E-state index in [4.69, 9.17) is 5.11 Å². The number of nitrogens with one attached hydrogen (secondary N) is 1. The summed E-state index contributed by atoms with van der Waals surface area (Å²) in [7, 11) is 0. The van der Waals surface area contributed by atoms with Crippen LogP contribution in [-0.2, 0) is 0 Å². The Balaban J connectivity index is 0.00000196. The van der Waals surface area contributed by atoms with Crippen LogP contribution in [0.25, 0.3) is 0 Å². The monoisotopic (exact) mass is 229 g/mol. The largest absolute Gasteiger partial charge is 0.392 e. The molecule has 15 heavy (non-hydrogen) atoms. The van der Waals surface area contributed by atoms with Gasteiger partial charge in [0, 0.05) is 13.1 Å². The topological polar surface area (TPSA) is 32.3 Å². The van der Waals surface area contributed by atoms with Gasteiger partial charge in [-0.3, -0.25) is 0 Å². The van der Waals surface area contributed by atoms with E-state index in [2.05, 4.69) is 36.5 Å². The summed E-state index contributed by atoms with van der Waals surface area (Å²) in [5.41, 5.74) is 1.34. The van der Waals surface area contributed by atoms with E-state index >= 15 is 0 Å². The van der Waals surface area contributed by atoms with Gasteiger partial charge in [0.05, 0.1) is 6.10 Å². The van der Waals surface area contributed by atoms with E-state index in [9.17, 15) is 0 Å². The second kappa shape index (κ2) is 7.69. The van der Waals surface area contributed by atoms with Gasteiger partial charge in [0.15, 0.2) is 0 Å². The van der Waals surface area contributed by atoms with Crippen molar-refractivity contribution in [3.05, 3.63) is 35.9 Å². The average Bonchev–Trinajstić information content (AvgIpc) is 2.18. The molecule has 0 saturated heterocycles. The van der Waals surface area contributed by atoms with Crippen LogP contribution in [0.2, 0.25) is 0 Å². The molecule has 0 fully saturated rings. The van der Waals surface area contributed by atoms with Crippen LogP contribution < -0.4 is 5.32 Å². The fourth-order valence-electron chi connectivity index (χ4n) is 1.41. The minimum Gasteiger partial charge on any atom is -0.392 e. The first-order valence-electron chi connectivity index (χ1n) is 5.14. The molecule has 0 aliphatic rings. The molecule has 0 amide bonds. The fourth-order valence-corrected chi connectivity index (χ4v) is 1.41. The van der Waals surface area contributed by atoms with E-state index in [1.165, 1.54) is 5.56 Å². The van der Waals surface area contributed by atoms with Crippen LogP contribution in [0, 0.1) is 0 Å². The van der Waals surface area contributed by atoms with Gasteiger partial charge < -0.3 is 10.4 Å². The highest BCUT2D eigenvalue weighted by molar-refractivity contribution is 5.85. The van der Waals surface area contributed by atoms with Crippen LogP contribution in [0.15, 0.2) is 30.3 Å². The lowest BCUT2D eigenvalue weighted by atomic mass is 10.0. The molecule has 0 aliphatic carbocycles. The van der Waals surface area contributed by atoms with Gasteiger partial charge in [-0.2, -0.15) is 0 Å². The SMILES string of the molecule is CC(O)CNCC(C)c1ccccc1.Cl. The van der Waals surface area contributed by atoms with Crippen LogP contribution in [0.1, 0.15) is 25.3 Å². The average molecular weight is 230 g/mol. The summed E-state index contributed by atoms with van der Waals surface area (Å²) in [4.78, 5) is 0. The molecular weight excluding hydrogens is 210 g/mol. The lowest BCUT2D eigenvalue weighted by Gasteiger charge is -2.13. The van der Waals surface area contributed by atoms with Crippen molar-refractivity contribution in [1.82, 2.24) is 5.32 Å². The first-order chi connectivity index (χ1) is 6.70. The quantitative estimate of drug-likeness (QED) is 0.811. The van der Waals surface area contributed by atoms with E-state index in [0.717, 1.165) is 6.54 Å². The van der Waals surface area contributed by atoms with Crippen molar-refractivity contribution in [1.29, 1.82) is 0 Å². The molecule has 1 aromatic carbocycles. The molecule has 0 bridgehead atoms. The van der Waals surface area contributed by atoms with Crippen LogP contribution in [0.4, 0.5) is 0 Å². The molecule has 2 nitrogen and oxygen atoms in total. The number of hydrogen-bond acceptors (Lipinski definition) is 2. The van der Waals surface area contributed by atoms with Crippen LogP contribution in [0.3, 0.4) is 0 Å². The van der Waals surface area contributed by atoms with Crippen molar-refractivity contribution in [2.24, 2.45) is 0 Å². The van der Waals surface area contributed by atoms with E-state index in [0.29, 0.717) is 12.5 Å². The predicted octanol–water partition coefficient (Wildman–Crippen LogP) is 2.18. The normalized spacial score (nSPS) is 14.1. The van der Waals surface area contributed by atoms with Crippen LogP contribution in [-0.4, -0.2) is 24.3 Å². The number of hydrogen-bond donors (Lipinski definition) is 2. The Morgan fingerprint density at radius 3 is 2.27 bits per heavy atom. The van der Waals surface area contributed by atoms with Gasteiger partial charge in [-0.05, 0) is 18.4 Å². The first kappa shape index (κ1) is 14.4. The summed E-state index contributed by atoms with van der Waals surface area (Å²) in [5.74, 6) is 0.495. The van der Waals surface area contributed by atoms with E-state index in [1.807, 2.05) is 6.07 Å². The highest BCUT2D eigenvalue weighted by Crippen LogP contribution is 2.12. The molecule has 0 radical (unpaired) electrons. The Morgan fingerprint density at radius 2 is 1.73 bits per heavy atom. The molecule has 2 N–H and O–H groups in total. The van der Waals surface area contributed by atoms with Crippen molar-refractivity contribution in [3.8, 4) is 0 Å². The zero-order chi connectivity index (χ0) is 10.4. The lowest BCUT2D eigenvalue weighted by Crippen LogP contribution is -2.27. The molecular formula is C12H20ClNO. The third-order valence-electron chi connectivity index (χ3n) is 2.26. The van der Waals surface area contributed by atoms with Crippen LogP contribution in [0.5, 0.6) is 0 Å². The minimum absolute atomic E-state index is 0. The molecule has 0 aliphatic heterocycles. The molecule has 1 rings (SSSR count). The third kappa shape index (κ3) is 5.78. The zero-order valence-corrected chi connectivity index (χ0v) is 10.1. The summed E-state index contributed by atoms with van der Waals surface area (Å²) in [6.45, 7) is 5.55. The maximum atomic E-state index is 9.07. The summed E-state index contributed by atoms with van der Waals surface area (Å²) in [6.07, 6.45) is -0.266. The lowest BCUT2D eigenvalue weighted by molar-refractivity contribution is 0.191. The van der Waals surface area contributed by atoms with E-state index in [1.54, 1.807) is 6.92 Å². The zero-order valence-electron chi connectivity index (χ0n) is 9.31.